The maximum atomic E-state index is 13.9. The zero-order chi connectivity index (χ0) is 24.5. The number of H-pyrrole nitrogens is 1. The summed E-state index contributed by atoms with van der Waals surface area (Å²) in [7, 11) is 0. The van der Waals surface area contributed by atoms with E-state index in [0.29, 0.717) is 12.6 Å². The van der Waals surface area contributed by atoms with E-state index in [-0.39, 0.29) is 5.91 Å². The molecule has 1 amide bonds. The molecule has 0 radical (unpaired) electrons. The number of ether oxygens (including phenoxy) is 1. The predicted octanol–water partition coefficient (Wildman–Crippen LogP) is 5.52. The highest BCUT2D eigenvalue weighted by Gasteiger charge is 2.25. The zero-order valence-electron chi connectivity index (χ0n) is 20.7. The van der Waals surface area contributed by atoms with Crippen LogP contribution in [0.3, 0.4) is 0 Å². The van der Waals surface area contributed by atoms with Crippen LogP contribution in [-0.2, 0) is 11.3 Å². The molecule has 1 atom stereocenters. The summed E-state index contributed by atoms with van der Waals surface area (Å²) in [5.41, 5.74) is 7.34. The van der Waals surface area contributed by atoms with Gasteiger partial charge in [-0.25, -0.2) is 0 Å². The summed E-state index contributed by atoms with van der Waals surface area (Å²) in [6.45, 7) is 6.95. The molecule has 6 heteroatoms. The molecule has 1 saturated heterocycles. The lowest BCUT2D eigenvalue weighted by Crippen LogP contribution is -2.36. The Kier molecular flexibility index (Phi) is 6.21. The van der Waals surface area contributed by atoms with E-state index in [9.17, 15) is 4.79 Å². The monoisotopic (exact) mass is 480 g/mol. The summed E-state index contributed by atoms with van der Waals surface area (Å²) in [4.78, 5) is 21.5. The van der Waals surface area contributed by atoms with E-state index in [1.807, 2.05) is 35.4 Å². The van der Waals surface area contributed by atoms with E-state index in [4.69, 9.17) is 4.74 Å². The number of anilines is 2. The van der Waals surface area contributed by atoms with Crippen LogP contribution in [0.5, 0.6) is 0 Å². The van der Waals surface area contributed by atoms with Gasteiger partial charge in [-0.3, -0.25) is 9.69 Å². The van der Waals surface area contributed by atoms with Gasteiger partial charge in [-0.15, -0.1) is 0 Å². The molecular weight excluding hydrogens is 448 g/mol. The highest BCUT2D eigenvalue weighted by molar-refractivity contribution is 6.08. The lowest BCUT2D eigenvalue weighted by Gasteiger charge is -2.28. The van der Waals surface area contributed by atoms with Crippen molar-refractivity contribution in [2.24, 2.45) is 0 Å². The molecule has 6 nitrogen and oxygen atoms in total. The van der Waals surface area contributed by atoms with Gasteiger partial charge in [0.25, 0.3) is 5.91 Å². The first-order valence-electron chi connectivity index (χ1n) is 12.8. The minimum absolute atomic E-state index is 0.0502. The average Bonchev–Trinajstić information content (AvgIpc) is 3.31. The summed E-state index contributed by atoms with van der Waals surface area (Å²) in [5, 5.41) is 4.74. The summed E-state index contributed by atoms with van der Waals surface area (Å²) in [6, 6.07) is 23.3. The topological polar surface area (TPSA) is 60.6 Å². The molecule has 4 aromatic rings. The first kappa shape index (κ1) is 22.8. The van der Waals surface area contributed by atoms with Crippen LogP contribution in [0.25, 0.3) is 22.0 Å². The van der Waals surface area contributed by atoms with Gasteiger partial charge >= 0.3 is 0 Å². The van der Waals surface area contributed by atoms with Gasteiger partial charge in [0.1, 0.15) is 0 Å². The number of hydrogen-bond donors (Lipinski definition) is 2. The number of morpholine rings is 1. The number of aromatic amines is 1. The van der Waals surface area contributed by atoms with Crippen LogP contribution in [0.15, 0.2) is 72.9 Å². The van der Waals surface area contributed by atoms with Crippen LogP contribution < -0.4 is 10.2 Å². The number of para-hydroxylation sites is 2. The van der Waals surface area contributed by atoms with E-state index in [1.165, 1.54) is 22.1 Å². The second-order valence-corrected chi connectivity index (χ2v) is 9.85. The van der Waals surface area contributed by atoms with Crippen molar-refractivity contribution in [1.82, 2.24) is 9.88 Å². The van der Waals surface area contributed by atoms with Crippen LogP contribution in [0, 0.1) is 0 Å². The number of amides is 1. The minimum Gasteiger partial charge on any atom is -0.381 e. The van der Waals surface area contributed by atoms with Crippen molar-refractivity contribution in [2.75, 3.05) is 43.1 Å². The van der Waals surface area contributed by atoms with E-state index in [2.05, 4.69) is 64.6 Å². The Morgan fingerprint density at radius 1 is 1.00 bits per heavy atom. The zero-order valence-corrected chi connectivity index (χ0v) is 20.7. The summed E-state index contributed by atoms with van der Waals surface area (Å²) in [5.74, 6) is 0.0502. The molecule has 3 aromatic carbocycles. The third-order valence-corrected chi connectivity index (χ3v) is 7.34. The number of fused-ring (bicyclic) bond motifs is 2. The largest absolute Gasteiger partial charge is 0.381 e. The first-order valence-corrected chi connectivity index (χ1v) is 12.8. The molecule has 1 fully saturated rings. The number of carbonyl (C=O) groups is 1. The Morgan fingerprint density at radius 3 is 2.75 bits per heavy atom. The van der Waals surface area contributed by atoms with Gasteiger partial charge < -0.3 is 19.9 Å². The number of nitrogens with one attached hydrogen (secondary N) is 2. The standard InChI is InChI=1S/C30H32N4O2/c1-21-11-13-34(29-5-3-2-4-28(29)32-21)30(35)24-6-8-26(22-7-9-27-23(18-22)10-12-31-27)25(19-24)20-33-14-16-36-17-15-33/h2-10,12,18-19,21,31-32H,11,13-17,20H2,1H3/t21-/m0/s1. The third-order valence-electron chi connectivity index (χ3n) is 7.34. The second-order valence-electron chi connectivity index (χ2n) is 9.85. The molecule has 0 bridgehead atoms. The normalized spacial score (nSPS) is 18.5. The number of aromatic nitrogens is 1. The van der Waals surface area contributed by atoms with Crippen molar-refractivity contribution < 1.29 is 9.53 Å². The fourth-order valence-corrected chi connectivity index (χ4v) is 5.34. The summed E-state index contributed by atoms with van der Waals surface area (Å²) >= 11 is 0. The Bertz CT molecular complexity index is 1390. The third kappa shape index (κ3) is 4.50. The van der Waals surface area contributed by atoms with Crippen LogP contribution in [-0.4, -0.2) is 54.7 Å². The van der Waals surface area contributed by atoms with Gasteiger partial charge in [0.15, 0.2) is 0 Å². The lowest BCUT2D eigenvalue weighted by atomic mass is 9.95. The van der Waals surface area contributed by atoms with Crippen LogP contribution in [0.2, 0.25) is 0 Å². The molecule has 2 aliphatic rings. The summed E-state index contributed by atoms with van der Waals surface area (Å²) in [6.07, 6.45) is 2.87. The molecule has 0 saturated carbocycles. The highest BCUT2D eigenvalue weighted by atomic mass is 16.5. The Morgan fingerprint density at radius 2 is 1.86 bits per heavy atom. The van der Waals surface area contributed by atoms with Gasteiger partial charge in [-0.2, -0.15) is 0 Å². The van der Waals surface area contributed by atoms with Crippen molar-refractivity contribution in [3.05, 3.63) is 84.1 Å². The molecule has 2 aliphatic heterocycles. The van der Waals surface area contributed by atoms with E-state index >= 15 is 0 Å². The number of carbonyl (C=O) groups excluding carboxylic acids is 1. The van der Waals surface area contributed by atoms with Gasteiger partial charge in [0, 0.05) is 49.5 Å². The first-order chi connectivity index (χ1) is 17.7. The van der Waals surface area contributed by atoms with Crippen molar-refractivity contribution in [1.29, 1.82) is 0 Å². The van der Waals surface area contributed by atoms with Crippen molar-refractivity contribution in [3.8, 4) is 11.1 Å². The quantitative estimate of drug-likeness (QED) is 0.404. The van der Waals surface area contributed by atoms with Crippen LogP contribution in [0.4, 0.5) is 11.4 Å². The molecule has 1 aromatic heterocycles. The molecule has 2 N–H and O–H groups in total. The van der Waals surface area contributed by atoms with Gasteiger partial charge in [-0.1, -0.05) is 24.3 Å². The van der Waals surface area contributed by atoms with Crippen LogP contribution in [0.1, 0.15) is 29.3 Å². The predicted molar refractivity (Wildman–Crippen MR) is 146 cm³/mol. The summed E-state index contributed by atoms with van der Waals surface area (Å²) < 4.78 is 5.57. The second kappa shape index (κ2) is 9.80. The number of benzene rings is 3. The number of nitrogens with zero attached hydrogens (tertiary/aromatic N) is 2. The number of rotatable bonds is 4. The lowest BCUT2D eigenvalue weighted by molar-refractivity contribution is 0.0342. The van der Waals surface area contributed by atoms with Gasteiger partial charge in [0.2, 0.25) is 0 Å². The molecule has 0 unspecified atom stereocenters. The molecular formula is C30H32N4O2. The molecule has 6 rings (SSSR count). The van der Waals surface area contributed by atoms with Crippen LogP contribution >= 0.6 is 0 Å². The molecule has 3 heterocycles. The Hall–Kier alpha value is -3.61. The minimum atomic E-state index is 0.0502. The molecule has 36 heavy (non-hydrogen) atoms. The smallest absolute Gasteiger partial charge is 0.258 e. The van der Waals surface area contributed by atoms with Crippen molar-refractivity contribution in [3.63, 3.8) is 0 Å². The van der Waals surface area contributed by atoms with Crippen molar-refractivity contribution >= 4 is 28.2 Å². The number of hydrogen-bond acceptors (Lipinski definition) is 4. The Labute approximate surface area is 211 Å². The maximum absolute atomic E-state index is 13.9. The van der Waals surface area contributed by atoms with E-state index < -0.39 is 0 Å². The van der Waals surface area contributed by atoms with Gasteiger partial charge in [0.05, 0.1) is 24.6 Å². The Balaban J connectivity index is 1.38. The molecule has 184 valence electrons. The SMILES string of the molecule is C[C@H]1CCN(C(=O)c2ccc(-c3ccc4[nH]ccc4c3)c(CN3CCOCC3)c2)c2ccccc2N1. The molecule has 0 spiro atoms. The van der Waals surface area contributed by atoms with Gasteiger partial charge in [-0.05, 0) is 77.9 Å². The highest BCUT2D eigenvalue weighted by Crippen LogP contribution is 2.33. The molecule has 0 aliphatic carbocycles. The fraction of sp³-hybridized carbons (Fsp3) is 0.300. The van der Waals surface area contributed by atoms with Crippen molar-refractivity contribution in [2.45, 2.75) is 25.9 Å². The van der Waals surface area contributed by atoms with E-state index in [1.54, 1.807) is 0 Å². The van der Waals surface area contributed by atoms with E-state index in [0.717, 1.165) is 61.7 Å². The average molecular weight is 481 g/mol. The maximum Gasteiger partial charge on any atom is 0.258 e. The fourth-order valence-electron chi connectivity index (χ4n) is 5.34.